The van der Waals surface area contributed by atoms with E-state index in [1.165, 1.54) is 7.11 Å². The number of benzene rings is 3. The fourth-order valence-electron chi connectivity index (χ4n) is 3.28. The molecule has 2 atom stereocenters. The number of methoxy groups -OCH3 is 1. The summed E-state index contributed by atoms with van der Waals surface area (Å²) in [7, 11) is 1.30. The first kappa shape index (κ1) is 19.3. The standard InChI is InChI=1S/C23H19ClO5/c1-23(15-6-4-3-5-7-15)19-14-18(27-17-10-8-16(24)9-11-17)12-13-20(19)28-22(29-23)21(25)26-2/h3-14,22H,1-2H3. The third-order valence-electron chi connectivity index (χ3n) is 4.81. The van der Waals surface area contributed by atoms with Crippen LogP contribution in [0.4, 0.5) is 0 Å². The van der Waals surface area contributed by atoms with Crippen LogP contribution in [0.1, 0.15) is 18.1 Å². The van der Waals surface area contributed by atoms with E-state index in [4.69, 9.17) is 30.5 Å². The Morgan fingerprint density at radius 1 is 1.00 bits per heavy atom. The molecule has 1 aliphatic rings. The van der Waals surface area contributed by atoms with Gasteiger partial charge in [0.25, 0.3) is 0 Å². The lowest BCUT2D eigenvalue weighted by molar-refractivity contribution is -0.203. The number of hydrogen-bond donors (Lipinski definition) is 0. The van der Waals surface area contributed by atoms with Crippen LogP contribution in [0.5, 0.6) is 17.2 Å². The molecule has 1 heterocycles. The van der Waals surface area contributed by atoms with Gasteiger partial charge >= 0.3 is 12.3 Å². The Morgan fingerprint density at radius 2 is 1.69 bits per heavy atom. The van der Waals surface area contributed by atoms with Gasteiger partial charge in [-0.15, -0.1) is 0 Å². The van der Waals surface area contributed by atoms with Crippen LogP contribution in [0.15, 0.2) is 72.8 Å². The predicted molar refractivity (Wildman–Crippen MR) is 108 cm³/mol. The first-order valence-corrected chi connectivity index (χ1v) is 9.43. The normalized spacial score (nSPS) is 20.3. The SMILES string of the molecule is COC(=O)C1Oc2ccc(Oc3ccc(Cl)cc3)cc2C(C)(c2ccccc2)O1. The summed E-state index contributed by atoms with van der Waals surface area (Å²) in [5.41, 5.74) is 0.685. The molecule has 0 aromatic heterocycles. The van der Waals surface area contributed by atoms with Gasteiger partial charge in [0.1, 0.15) is 22.8 Å². The van der Waals surface area contributed by atoms with Crippen molar-refractivity contribution >= 4 is 17.6 Å². The lowest BCUT2D eigenvalue weighted by Gasteiger charge is -2.39. The van der Waals surface area contributed by atoms with Crippen molar-refractivity contribution in [3.63, 3.8) is 0 Å². The van der Waals surface area contributed by atoms with Gasteiger partial charge in [0.2, 0.25) is 0 Å². The van der Waals surface area contributed by atoms with Crippen LogP contribution in [0.25, 0.3) is 0 Å². The quantitative estimate of drug-likeness (QED) is 0.546. The monoisotopic (exact) mass is 410 g/mol. The summed E-state index contributed by atoms with van der Waals surface area (Å²) in [6.07, 6.45) is -1.17. The molecule has 5 nitrogen and oxygen atoms in total. The Bertz CT molecular complexity index is 1020. The van der Waals surface area contributed by atoms with Crippen LogP contribution >= 0.6 is 11.6 Å². The second-order valence-corrected chi connectivity index (χ2v) is 7.14. The van der Waals surface area contributed by atoms with Crippen molar-refractivity contribution in [2.75, 3.05) is 7.11 Å². The third-order valence-corrected chi connectivity index (χ3v) is 5.06. The second-order valence-electron chi connectivity index (χ2n) is 6.70. The van der Waals surface area contributed by atoms with Gasteiger partial charge < -0.3 is 18.9 Å². The molecular weight excluding hydrogens is 392 g/mol. The number of carbonyl (C=O) groups is 1. The molecule has 1 aliphatic heterocycles. The molecule has 0 amide bonds. The minimum atomic E-state index is -1.17. The van der Waals surface area contributed by atoms with Crippen LogP contribution in [0.2, 0.25) is 5.02 Å². The summed E-state index contributed by atoms with van der Waals surface area (Å²) in [6.45, 7) is 1.89. The topological polar surface area (TPSA) is 54.0 Å². The maximum Gasteiger partial charge on any atom is 0.376 e. The number of ether oxygens (including phenoxy) is 4. The summed E-state index contributed by atoms with van der Waals surface area (Å²) in [4.78, 5) is 12.1. The Labute approximate surface area is 173 Å². The Balaban J connectivity index is 1.76. The molecule has 0 spiro atoms. The first-order valence-electron chi connectivity index (χ1n) is 9.05. The van der Waals surface area contributed by atoms with Crippen molar-refractivity contribution in [2.24, 2.45) is 0 Å². The summed E-state index contributed by atoms with van der Waals surface area (Å²) < 4.78 is 22.6. The number of carbonyl (C=O) groups excluding carboxylic acids is 1. The van der Waals surface area contributed by atoms with E-state index < -0.39 is 17.9 Å². The molecule has 0 bridgehead atoms. The number of esters is 1. The van der Waals surface area contributed by atoms with Gasteiger partial charge in [-0.05, 0) is 55.0 Å². The molecule has 0 saturated heterocycles. The fourth-order valence-corrected chi connectivity index (χ4v) is 3.40. The van der Waals surface area contributed by atoms with E-state index in [1.54, 1.807) is 36.4 Å². The van der Waals surface area contributed by atoms with Gasteiger partial charge in [-0.3, -0.25) is 0 Å². The second kappa shape index (κ2) is 7.78. The average Bonchev–Trinajstić information content (AvgIpc) is 2.75. The lowest BCUT2D eigenvalue weighted by Crippen LogP contribution is -2.44. The molecule has 0 saturated carbocycles. The molecule has 148 valence electrons. The van der Waals surface area contributed by atoms with E-state index in [2.05, 4.69) is 0 Å². The summed E-state index contributed by atoms with van der Waals surface area (Å²) >= 11 is 5.94. The molecule has 0 radical (unpaired) electrons. The van der Waals surface area contributed by atoms with Crippen molar-refractivity contribution in [3.05, 3.63) is 88.9 Å². The highest BCUT2D eigenvalue weighted by atomic mass is 35.5. The van der Waals surface area contributed by atoms with Gasteiger partial charge in [-0.25, -0.2) is 4.79 Å². The lowest BCUT2D eigenvalue weighted by atomic mass is 9.86. The Kier molecular flexibility index (Phi) is 5.18. The molecule has 0 aliphatic carbocycles. The van der Waals surface area contributed by atoms with Gasteiger partial charge in [0.15, 0.2) is 0 Å². The summed E-state index contributed by atoms with van der Waals surface area (Å²) in [5.74, 6) is 1.19. The highest BCUT2D eigenvalue weighted by Gasteiger charge is 2.43. The number of rotatable bonds is 4. The molecule has 0 N–H and O–H groups in total. The van der Waals surface area contributed by atoms with Crippen LogP contribution in [-0.4, -0.2) is 19.4 Å². The molecule has 3 aromatic rings. The van der Waals surface area contributed by atoms with E-state index in [-0.39, 0.29) is 0 Å². The highest BCUT2D eigenvalue weighted by Crippen LogP contribution is 2.45. The van der Waals surface area contributed by atoms with Gasteiger partial charge in [0, 0.05) is 10.6 Å². The predicted octanol–water partition coefficient (Wildman–Crippen LogP) is 5.30. The number of hydrogen-bond acceptors (Lipinski definition) is 5. The van der Waals surface area contributed by atoms with E-state index >= 15 is 0 Å². The van der Waals surface area contributed by atoms with E-state index in [0.717, 1.165) is 11.1 Å². The molecule has 29 heavy (non-hydrogen) atoms. The third kappa shape index (κ3) is 3.79. The van der Waals surface area contributed by atoms with E-state index in [0.29, 0.717) is 22.3 Å². The molecule has 3 aromatic carbocycles. The number of halogens is 1. The van der Waals surface area contributed by atoms with Gasteiger partial charge in [0.05, 0.1) is 7.11 Å². The maximum atomic E-state index is 12.1. The zero-order chi connectivity index (χ0) is 20.4. The van der Waals surface area contributed by atoms with Crippen molar-refractivity contribution in [3.8, 4) is 17.2 Å². The first-order chi connectivity index (χ1) is 14.0. The van der Waals surface area contributed by atoms with Crippen molar-refractivity contribution in [1.82, 2.24) is 0 Å². The Hall–Kier alpha value is -3.02. The zero-order valence-electron chi connectivity index (χ0n) is 15.9. The minimum absolute atomic E-state index is 0.529. The zero-order valence-corrected chi connectivity index (χ0v) is 16.7. The molecule has 4 rings (SSSR count). The molecule has 0 fully saturated rings. The van der Waals surface area contributed by atoms with Gasteiger partial charge in [-0.1, -0.05) is 41.9 Å². The minimum Gasteiger partial charge on any atom is -0.464 e. The van der Waals surface area contributed by atoms with Crippen molar-refractivity contribution in [1.29, 1.82) is 0 Å². The smallest absolute Gasteiger partial charge is 0.376 e. The van der Waals surface area contributed by atoms with Crippen LogP contribution < -0.4 is 9.47 Å². The van der Waals surface area contributed by atoms with Crippen LogP contribution in [-0.2, 0) is 19.9 Å². The number of fused-ring (bicyclic) bond motifs is 1. The maximum absolute atomic E-state index is 12.1. The van der Waals surface area contributed by atoms with Crippen LogP contribution in [0, 0.1) is 0 Å². The summed E-state index contributed by atoms with van der Waals surface area (Å²) in [6, 6.07) is 22.1. The van der Waals surface area contributed by atoms with E-state index in [1.807, 2.05) is 43.3 Å². The Morgan fingerprint density at radius 3 is 2.38 bits per heavy atom. The van der Waals surface area contributed by atoms with E-state index in [9.17, 15) is 4.79 Å². The summed E-state index contributed by atoms with van der Waals surface area (Å²) in [5, 5.41) is 0.634. The fraction of sp³-hybridized carbons (Fsp3) is 0.174. The average molecular weight is 411 g/mol. The largest absolute Gasteiger partial charge is 0.464 e. The molecule has 2 unspecified atom stereocenters. The highest BCUT2D eigenvalue weighted by molar-refractivity contribution is 6.30. The van der Waals surface area contributed by atoms with Crippen molar-refractivity contribution in [2.45, 2.75) is 18.8 Å². The molecular formula is C23H19ClO5. The van der Waals surface area contributed by atoms with Crippen LogP contribution in [0.3, 0.4) is 0 Å². The van der Waals surface area contributed by atoms with Crippen molar-refractivity contribution < 1.29 is 23.7 Å². The molecule has 6 heteroatoms. The van der Waals surface area contributed by atoms with Gasteiger partial charge in [-0.2, -0.15) is 0 Å².